The number of halogens is 6. The molecule has 0 atom stereocenters. The highest BCUT2D eigenvalue weighted by atomic mass is 79.9. The van der Waals surface area contributed by atoms with Crippen molar-refractivity contribution < 1.29 is 0 Å². The molecule has 0 N–H and O–H groups in total. The number of alkyl halides is 2. The Balaban J connectivity index is 0.000000210. The molecule has 5 aromatic carbocycles. The third-order valence-corrected chi connectivity index (χ3v) is 17.4. The molecule has 0 saturated carbocycles. The minimum Gasteiger partial charge on any atom is -0.103 e. The van der Waals surface area contributed by atoms with Crippen LogP contribution in [0.2, 0.25) is 0 Å². The lowest BCUT2D eigenvalue weighted by atomic mass is 9.86. The zero-order valence-corrected chi connectivity index (χ0v) is 53.4. The van der Waals surface area contributed by atoms with Crippen molar-refractivity contribution in [1.82, 2.24) is 0 Å². The van der Waals surface area contributed by atoms with E-state index in [0.717, 1.165) is 8.95 Å². The summed E-state index contributed by atoms with van der Waals surface area (Å²) in [5, 5.41) is 2.34. The molecule has 0 radical (unpaired) electrons. The Morgan fingerprint density at radius 2 is 0.569 bits per heavy atom. The Hall–Kier alpha value is -1.28. The molecule has 8 rings (SSSR count). The van der Waals surface area contributed by atoms with Crippen LogP contribution in [-0.4, -0.2) is 10.7 Å². The van der Waals surface area contributed by atoms with Crippen LogP contribution in [0.4, 0.5) is 0 Å². The number of aryl methyl sites for hydroxylation is 9. The summed E-state index contributed by atoms with van der Waals surface area (Å²) in [4.78, 5) is 0. The fourth-order valence-electron chi connectivity index (χ4n) is 9.35. The summed E-state index contributed by atoms with van der Waals surface area (Å²) < 4.78 is 4.61. The quantitative estimate of drug-likeness (QED) is 0.0254. The van der Waals surface area contributed by atoms with E-state index in [1.165, 1.54) is 242 Å². The van der Waals surface area contributed by atoms with Gasteiger partial charge in [0.1, 0.15) is 0 Å². The van der Waals surface area contributed by atoms with Crippen LogP contribution >= 0.6 is 95.6 Å². The Morgan fingerprint density at radius 1 is 0.292 bits per heavy atom. The third kappa shape index (κ3) is 28.7. The molecule has 0 heterocycles. The number of allylic oxidation sites excluding steroid dienone is 1. The van der Waals surface area contributed by atoms with Gasteiger partial charge in [-0.1, -0.05) is 259 Å². The van der Waals surface area contributed by atoms with Crippen molar-refractivity contribution in [3.63, 3.8) is 0 Å². The normalized spacial score (nSPS) is 12.2. The predicted octanol–water partition coefficient (Wildman–Crippen LogP) is 23.4. The van der Waals surface area contributed by atoms with Crippen LogP contribution in [0.3, 0.4) is 0 Å². The van der Waals surface area contributed by atoms with Crippen LogP contribution in [0.5, 0.6) is 0 Å². The van der Waals surface area contributed by atoms with Gasteiger partial charge in [-0.15, -0.1) is 6.58 Å². The van der Waals surface area contributed by atoms with E-state index in [1.807, 2.05) is 30.3 Å². The number of benzene rings is 5. The summed E-state index contributed by atoms with van der Waals surface area (Å²) in [5.41, 5.74) is 14.0. The number of unbranched alkanes of at least 4 members (excludes halogenated alkanes) is 20. The molecule has 0 unspecified atom stereocenters. The van der Waals surface area contributed by atoms with E-state index in [4.69, 9.17) is 0 Å². The average molecular weight is 1360 g/mol. The molecule has 394 valence electrons. The lowest BCUT2D eigenvalue weighted by Crippen LogP contribution is -2.08. The van der Waals surface area contributed by atoms with Crippen LogP contribution < -0.4 is 0 Å². The molecule has 72 heavy (non-hydrogen) atoms. The van der Waals surface area contributed by atoms with Gasteiger partial charge in [-0.05, 0) is 201 Å². The molecule has 0 nitrogen and oxygen atoms in total. The standard InChI is InChI=1S/C24H31Br.C18H27Br.C10H19Br.C8H7Br.C6H4Br2/c25-24-17-12-20(13-18-24)9-7-5-3-1-2-4-6-8-10-21-11-14-22-15-16-23(22)19-21;19-14-8-6-4-2-1-3-5-7-9-16-10-11-17-12-13-18(17)15-16;1-2-3-4-5-6-7-8-9-10-11;9-8-4-3-6-1-2-7(6)5-8;7-5-1-2-6(8)4-3-5/h11-14,17-19H,1-10,15-16H2;10-11,15H,1-9,12-14H2;2H,1,3-10H2;3-5H,1-2H2;1-4H. The van der Waals surface area contributed by atoms with Crippen molar-refractivity contribution >= 4 is 95.6 Å². The van der Waals surface area contributed by atoms with Gasteiger partial charge in [-0.2, -0.15) is 0 Å². The highest BCUT2D eigenvalue weighted by Gasteiger charge is 2.14. The number of rotatable bonds is 29. The number of hydrogen-bond donors (Lipinski definition) is 0. The number of fused-ring (bicyclic) bond motifs is 3. The van der Waals surface area contributed by atoms with E-state index < -0.39 is 0 Å². The second-order valence-corrected chi connectivity index (χ2v) is 25.4. The maximum absolute atomic E-state index is 3.70. The molecule has 5 aromatic rings. The van der Waals surface area contributed by atoms with Crippen LogP contribution in [0.1, 0.15) is 198 Å². The van der Waals surface area contributed by atoms with Crippen molar-refractivity contribution in [2.45, 2.75) is 205 Å². The smallest absolute Gasteiger partial charge is 0.0178 e. The lowest BCUT2D eigenvalue weighted by Gasteiger charge is -2.19. The highest BCUT2D eigenvalue weighted by molar-refractivity contribution is 9.11. The first-order valence-electron chi connectivity index (χ1n) is 28.1. The van der Waals surface area contributed by atoms with E-state index in [-0.39, 0.29) is 0 Å². The largest absolute Gasteiger partial charge is 0.103 e. The summed E-state index contributed by atoms with van der Waals surface area (Å²) in [6.07, 6.45) is 45.4. The van der Waals surface area contributed by atoms with Gasteiger partial charge in [0, 0.05) is 28.6 Å². The van der Waals surface area contributed by atoms with Gasteiger partial charge in [-0.25, -0.2) is 0 Å². The topological polar surface area (TPSA) is 0 Å². The summed E-state index contributed by atoms with van der Waals surface area (Å²) >= 11 is 20.5. The van der Waals surface area contributed by atoms with Crippen LogP contribution in [0.25, 0.3) is 0 Å². The van der Waals surface area contributed by atoms with E-state index in [1.54, 1.807) is 33.4 Å². The van der Waals surface area contributed by atoms with Crippen molar-refractivity contribution in [3.05, 3.63) is 184 Å². The highest BCUT2D eigenvalue weighted by Crippen LogP contribution is 2.27. The Kier molecular flexibility index (Phi) is 35.9. The van der Waals surface area contributed by atoms with Crippen molar-refractivity contribution in [1.29, 1.82) is 0 Å². The van der Waals surface area contributed by atoms with E-state index in [2.05, 4.69) is 181 Å². The summed E-state index contributed by atoms with van der Waals surface area (Å²) in [6.45, 7) is 3.70. The van der Waals surface area contributed by atoms with Gasteiger partial charge < -0.3 is 0 Å². The molecule has 3 aliphatic carbocycles. The van der Waals surface area contributed by atoms with Crippen molar-refractivity contribution in [2.75, 3.05) is 10.7 Å². The van der Waals surface area contributed by atoms with Crippen molar-refractivity contribution in [3.8, 4) is 0 Å². The zero-order chi connectivity index (χ0) is 51.3. The summed E-state index contributed by atoms with van der Waals surface area (Å²) in [6, 6.07) is 37.5. The Morgan fingerprint density at radius 3 is 0.889 bits per heavy atom. The minimum absolute atomic E-state index is 1.11. The second kappa shape index (κ2) is 40.9. The molecular weight excluding hydrogens is 1270 g/mol. The molecule has 0 amide bonds. The molecule has 0 spiro atoms. The maximum Gasteiger partial charge on any atom is 0.0178 e. The minimum atomic E-state index is 1.11. The first-order valence-corrected chi connectivity index (χ1v) is 33.6. The second-order valence-electron chi connectivity index (χ2n) is 20.2. The van der Waals surface area contributed by atoms with Gasteiger partial charge in [0.25, 0.3) is 0 Å². The average Bonchev–Trinajstić information content (AvgIpc) is 3.36. The van der Waals surface area contributed by atoms with E-state index >= 15 is 0 Å². The lowest BCUT2D eigenvalue weighted by molar-refractivity contribution is 0.567. The summed E-state index contributed by atoms with van der Waals surface area (Å²) in [5.74, 6) is 0. The van der Waals surface area contributed by atoms with E-state index in [9.17, 15) is 0 Å². The summed E-state index contributed by atoms with van der Waals surface area (Å²) in [7, 11) is 0. The molecule has 0 aromatic heterocycles. The maximum atomic E-state index is 3.70. The number of hydrogen-bond acceptors (Lipinski definition) is 0. The van der Waals surface area contributed by atoms with Gasteiger partial charge in [-0.3, -0.25) is 0 Å². The molecule has 0 aliphatic heterocycles. The van der Waals surface area contributed by atoms with Gasteiger partial charge in [0.05, 0.1) is 0 Å². The van der Waals surface area contributed by atoms with E-state index in [0.29, 0.717) is 0 Å². The van der Waals surface area contributed by atoms with Crippen LogP contribution in [0, 0.1) is 0 Å². The SMILES string of the molecule is BrCCCCCCCCCCc1ccc2c(c1)CC2.Brc1ccc(Br)cc1.Brc1ccc(CCCCCCCCCCc2ccc3c(c2)CC3)cc1.Brc1ccc2c(c1)CC2.C=CCCCCCCCCBr. The Bertz CT molecular complexity index is 2140. The van der Waals surface area contributed by atoms with Gasteiger partial charge in [0.2, 0.25) is 0 Å². The monoisotopic (exact) mass is 1350 g/mol. The molecule has 0 saturated heterocycles. The first kappa shape index (κ1) is 63.3. The third-order valence-electron chi connectivity index (χ3n) is 14.2. The fraction of sp³-hybridized carbons (Fsp3) is 0.515. The van der Waals surface area contributed by atoms with Crippen LogP contribution in [0.15, 0.2) is 134 Å². The molecule has 3 aliphatic rings. The molecular formula is C66H88Br6. The van der Waals surface area contributed by atoms with Crippen molar-refractivity contribution in [2.24, 2.45) is 0 Å². The Labute approximate surface area is 490 Å². The first-order chi connectivity index (χ1) is 35.3. The van der Waals surface area contributed by atoms with Crippen LogP contribution in [-0.2, 0) is 57.8 Å². The fourth-order valence-corrected chi connectivity index (χ4v) is 11.3. The molecule has 6 heteroatoms. The van der Waals surface area contributed by atoms with Gasteiger partial charge >= 0.3 is 0 Å². The van der Waals surface area contributed by atoms with Gasteiger partial charge in [0.15, 0.2) is 0 Å². The predicted molar refractivity (Wildman–Crippen MR) is 340 cm³/mol. The zero-order valence-electron chi connectivity index (χ0n) is 43.9. The molecule has 0 bridgehead atoms. The molecule has 0 fully saturated rings.